The molecular formula is C15H21N5O. The maximum absolute atomic E-state index is 9.16. The second kappa shape index (κ2) is 6.22. The molecule has 1 aliphatic carbocycles. The van der Waals surface area contributed by atoms with Crippen LogP contribution in [0.1, 0.15) is 31.2 Å². The van der Waals surface area contributed by atoms with Gasteiger partial charge < -0.3 is 10.4 Å². The number of aliphatic hydroxyl groups excluding tert-OH is 1. The molecule has 0 spiro atoms. The molecule has 0 saturated heterocycles. The van der Waals surface area contributed by atoms with E-state index in [1.165, 1.54) is 12.0 Å². The van der Waals surface area contributed by atoms with Gasteiger partial charge in [-0.25, -0.2) is 0 Å². The van der Waals surface area contributed by atoms with Crippen molar-refractivity contribution in [2.75, 3.05) is 11.9 Å². The molecule has 6 nitrogen and oxygen atoms in total. The van der Waals surface area contributed by atoms with E-state index in [9.17, 15) is 0 Å². The van der Waals surface area contributed by atoms with Crippen molar-refractivity contribution in [2.24, 2.45) is 5.92 Å². The summed E-state index contributed by atoms with van der Waals surface area (Å²) in [6.07, 6.45) is 4.29. The number of aromatic nitrogens is 4. The second-order valence-corrected chi connectivity index (χ2v) is 5.70. The fourth-order valence-electron chi connectivity index (χ4n) is 3.04. The number of hydrogen-bond donors (Lipinski definition) is 2. The zero-order chi connectivity index (χ0) is 14.7. The standard InChI is InChI=1S/C15H21N5O/c1-11-5-7-13(8-6-11)20-15(17-18-19-20)16-14-4-2-3-12(14)9-10-21/h5-8,12,14,21H,2-4,9-10H2,1H3,(H,16,17,19). The molecule has 2 N–H and O–H groups in total. The van der Waals surface area contributed by atoms with Crippen molar-refractivity contribution in [3.05, 3.63) is 29.8 Å². The van der Waals surface area contributed by atoms with Gasteiger partial charge in [-0.1, -0.05) is 29.2 Å². The third-order valence-electron chi connectivity index (χ3n) is 4.22. The molecule has 2 aromatic rings. The maximum atomic E-state index is 9.16. The molecule has 1 aromatic heterocycles. The first kappa shape index (κ1) is 14.0. The lowest BCUT2D eigenvalue weighted by Gasteiger charge is -2.20. The Kier molecular flexibility index (Phi) is 4.15. The number of nitrogens with zero attached hydrogens (tertiary/aromatic N) is 4. The van der Waals surface area contributed by atoms with Gasteiger partial charge in [0.1, 0.15) is 0 Å². The first-order valence-electron chi connectivity index (χ1n) is 7.51. The van der Waals surface area contributed by atoms with Crippen molar-refractivity contribution in [3.8, 4) is 5.69 Å². The Hall–Kier alpha value is -1.95. The number of tetrazole rings is 1. The number of nitrogens with one attached hydrogen (secondary N) is 1. The lowest BCUT2D eigenvalue weighted by atomic mass is 10.0. The van der Waals surface area contributed by atoms with Crippen LogP contribution in [0.15, 0.2) is 24.3 Å². The molecule has 0 radical (unpaired) electrons. The van der Waals surface area contributed by atoms with E-state index in [0.29, 0.717) is 17.9 Å². The lowest BCUT2D eigenvalue weighted by Crippen LogP contribution is -2.26. The Morgan fingerprint density at radius 1 is 1.29 bits per heavy atom. The van der Waals surface area contributed by atoms with Gasteiger partial charge in [0.05, 0.1) is 5.69 Å². The molecular weight excluding hydrogens is 266 g/mol. The summed E-state index contributed by atoms with van der Waals surface area (Å²) < 4.78 is 1.73. The zero-order valence-corrected chi connectivity index (χ0v) is 12.2. The summed E-state index contributed by atoms with van der Waals surface area (Å²) in [4.78, 5) is 0. The summed E-state index contributed by atoms with van der Waals surface area (Å²) in [5, 5.41) is 24.6. The zero-order valence-electron chi connectivity index (χ0n) is 12.2. The van der Waals surface area contributed by atoms with Crippen molar-refractivity contribution < 1.29 is 5.11 Å². The molecule has 0 aliphatic heterocycles. The highest BCUT2D eigenvalue weighted by molar-refractivity contribution is 5.40. The van der Waals surface area contributed by atoms with Gasteiger partial charge in [-0.2, -0.15) is 4.68 Å². The van der Waals surface area contributed by atoms with Gasteiger partial charge in [0.2, 0.25) is 5.95 Å². The number of rotatable bonds is 5. The van der Waals surface area contributed by atoms with Gasteiger partial charge in [0.25, 0.3) is 0 Å². The minimum absolute atomic E-state index is 0.242. The molecule has 3 rings (SSSR count). The third kappa shape index (κ3) is 3.05. The molecule has 2 atom stereocenters. The molecule has 1 aliphatic rings. The van der Waals surface area contributed by atoms with E-state index < -0.39 is 0 Å². The molecule has 0 bridgehead atoms. The van der Waals surface area contributed by atoms with Crippen LogP contribution in [-0.4, -0.2) is 38.0 Å². The summed E-state index contributed by atoms with van der Waals surface area (Å²) in [5.41, 5.74) is 2.16. The molecule has 21 heavy (non-hydrogen) atoms. The summed E-state index contributed by atoms with van der Waals surface area (Å²) in [6, 6.07) is 8.45. The van der Waals surface area contributed by atoms with Gasteiger partial charge in [-0.15, -0.1) is 0 Å². The monoisotopic (exact) mass is 287 g/mol. The van der Waals surface area contributed by atoms with E-state index in [1.54, 1.807) is 4.68 Å². The number of anilines is 1. The fourth-order valence-corrected chi connectivity index (χ4v) is 3.04. The quantitative estimate of drug-likeness (QED) is 0.879. The van der Waals surface area contributed by atoms with Crippen molar-refractivity contribution in [1.29, 1.82) is 0 Å². The Morgan fingerprint density at radius 3 is 2.86 bits per heavy atom. The van der Waals surface area contributed by atoms with Gasteiger partial charge >= 0.3 is 0 Å². The molecule has 6 heteroatoms. The van der Waals surface area contributed by atoms with E-state index in [1.807, 2.05) is 24.3 Å². The van der Waals surface area contributed by atoms with Gasteiger partial charge in [-0.3, -0.25) is 0 Å². The van der Waals surface area contributed by atoms with E-state index in [4.69, 9.17) is 5.11 Å². The van der Waals surface area contributed by atoms with Crippen molar-refractivity contribution in [3.63, 3.8) is 0 Å². The van der Waals surface area contributed by atoms with Crippen LogP contribution in [0, 0.1) is 12.8 Å². The summed E-state index contributed by atoms with van der Waals surface area (Å²) >= 11 is 0. The lowest BCUT2D eigenvalue weighted by molar-refractivity contribution is 0.254. The minimum Gasteiger partial charge on any atom is -0.396 e. The first-order chi connectivity index (χ1) is 10.3. The highest BCUT2D eigenvalue weighted by Crippen LogP contribution is 2.30. The Labute approximate surface area is 124 Å². The van der Waals surface area contributed by atoms with Gasteiger partial charge in [0, 0.05) is 12.6 Å². The molecule has 1 aromatic carbocycles. The van der Waals surface area contributed by atoms with Crippen molar-refractivity contribution in [1.82, 2.24) is 20.2 Å². The number of hydrogen-bond acceptors (Lipinski definition) is 5. The number of benzene rings is 1. The topological polar surface area (TPSA) is 75.9 Å². The summed E-state index contributed by atoms with van der Waals surface area (Å²) in [6.45, 7) is 2.30. The molecule has 1 saturated carbocycles. The third-order valence-corrected chi connectivity index (χ3v) is 4.22. The van der Waals surface area contributed by atoms with Crippen LogP contribution in [0.4, 0.5) is 5.95 Å². The van der Waals surface area contributed by atoms with Crippen LogP contribution in [0.3, 0.4) is 0 Å². The number of aryl methyl sites for hydroxylation is 1. The van der Waals surface area contributed by atoms with E-state index in [0.717, 1.165) is 24.9 Å². The van der Waals surface area contributed by atoms with Crippen LogP contribution in [0.25, 0.3) is 5.69 Å². The normalized spacial score (nSPS) is 21.6. The van der Waals surface area contributed by atoms with Crippen LogP contribution in [0.5, 0.6) is 0 Å². The van der Waals surface area contributed by atoms with Crippen molar-refractivity contribution in [2.45, 2.75) is 38.6 Å². The largest absolute Gasteiger partial charge is 0.396 e. The molecule has 0 amide bonds. The smallest absolute Gasteiger partial charge is 0.247 e. The Bertz CT molecular complexity index is 580. The number of aliphatic hydroxyl groups is 1. The van der Waals surface area contributed by atoms with Crippen molar-refractivity contribution >= 4 is 5.95 Å². The molecule has 1 heterocycles. The van der Waals surface area contributed by atoms with E-state index in [-0.39, 0.29) is 6.61 Å². The predicted octanol–water partition coefficient (Wildman–Crippen LogP) is 1.93. The van der Waals surface area contributed by atoms with E-state index >= 15 is 0 Å². The average Bonchev–Trinajstić information content (AvgIpc) is 3.11. The molecule has 2 unspecified atom stereocenters. The van der Waals surface area contributed by atoms with Crippen LogP contribution in [-0.2, 0) is 0 Å². The summed E-state index contributed by atoms with van der Waals surface area (Å²) in [5.74, 6) is 1.17. The van der Waals surface area contributed by atoms with Gasteiger partial charge in [-0.05, 0) is 54.7 Å². The Morgan fingerprint density at radius 2 is 2.10 bits per heavy atom. The summed E-state index contributed by atoms with van der Waals surface area (Å²) in [7, 11) is 0. The Balaban J connectivity index is 1.78. The van der Waals surface area contributed by atoms with E-state index in [2.05, 4.69) is 27.8 Å². The SMILES string of the molecule is Cc1ccc(-n2nnnc2NC2CCCC2CCO)cc1. The highest BCUT2D eigenvalue weighted by Gasteiger charge is 2.28. The fraction of sp³-hybridized carbons (Fsp3) is 0.533. The first-order valence-corrected chi connectivity index (χ1v) is 7.51. The molecule has 1 fully saturated rings. The minimum atomic E-state index is 0.242. The van der Waals surface area contributed by atoms with Gasteiger partial charge in [0.15, 0.2) is 0 Å². The second-order valence-electron chi connectivity index (χ2n) is 5.70. The maximum Gasteiger partial charge on any atom is 0.247 e. The van der Waals surface area contributed by atoms with Crippen LogP contribution in [0.2, 0.25) is 0 Å². The molecule has 112 valence electrons. The predicted molar refractivity (Wildman–Crippen MR) is 80.3 cm³/mol. The van der Waals surface area contributed by atoms with Crippen LogP contribution < -0.4 is 5.32 Å². The van der Waals surface area contributed by atoms with Crippen LogP contribution >= 0.6 is 0 Å². The highest BCUT2D eigenvalue weighted by atomic mass is 16.3. The average molecular weight is 287 g/mol.